The minimum absolute atomic E-state index is 0.536. The minimum Gasteiger partial charge on any atom is -0.497 e. The number of benzene rings is 1. The van der Waals surface area contributed by atoms with E-state index in [2.05, 4.69) is 4.98 Å². The van der Waals surface area contributed by atoms with E-state index in [1.165, 1.54) is 0 Å². The highest BCUT2D eigenvalue weighted by atomic mass is 16.5. The Kier molecular flexibility index (Phi) is 3.99. The third-order valence-corrected chi connectivity index (χ3v) is 2.95. The normalized spacial score (nSPS) is 12.4. The molecule has 4 nitrogen and oxygen atoms in total. The number of methoxy groups -OCH3 is 1. The quantitative estimate of drug-likeness (QED) is 0.879. The number of hydrogen-bond donors (Lipinski definition) is 1. The molecule has 0 spiro atoms. The van der Waals surface area contributed by atoms with Gasteiger partial charge in [-0.05, 0) is 24.6 Å². The molecule has 0 amide bonds. The van der Waals surface area contributed by atoms with Gasteiger partial charge in [0.1, 0.15) is 17.7 Å². The molecule has 0 saturated heterocycles. The van der Waals surface area contributed by atoms with Crippen molar-refractivity contribution in [3.05, 3.63) is 48.0 Å². The zero-order valence-corrected chi connectivity index (χ0v) is 10.7. The van der Waals surface area contributed by atoms with Crippen LogP contribution in [0.15, 0.2) is 36.7 Å². The summed E-state index contributed by atoms with van der Waals surface area (Å²) in [6, 6.07) is 7.73. The maximum Gasteiger partial charge on any atom is 0.137 e. The molecule has 0 saturated carbocycles. The van der Waals surface area contributed by atoms with Gasteiger partial charge in [0.25, 0.3) is 0 Å². The summed E-state index contributed by atoms with van der Waals surface area (Å²) in [5, 5.41) is 10.2. The summed E-state index contributed by atoms with van der Waals surface area (Å²) in [7, 11) is 1.64. The maximum absolute atomic E-state index is 10.2. The van der Waals surface area contributed by atoms with Gasteiger partial charge in [-0.3, -0.25) is 0 Å². The van der Waals surface area contributed by atoms with Gasteiger partial charge in [-0.1, -0.05) is 12.1 Å². The summed E-state index contributed by atoms with van der Waals surface area (Å²) in [4.78, 5) is 4.21. The lowest BCUT2D eigenvalue weighted by molar-refractivity contribution is 0.163. The van der Waals surface area contributed by atoms with Crippen LogP contribution >= 0.6 is 0 Å². The Bertz CT molecular complexity index is 508. The van der Waals surface area contributed by atoms with Crippen molar-refractivity contribution in [1.29, 1.82) is 0 Å². The van der Waals surface area contributed by atoms with Crippen LogP contribution in [0.3, 0.4) is 0 Å². The van der Waals surface area contributed by atoms with Crippen molar-refractivity contribution in [2.75, 3.05) is 7.11 Å². The zero-order chi connectivity index (χ0) is 13.0. The number of aromatic nitrogens is 2. The van der Waals surface area contributed by atoms with Crippen LogP contribution in [0.2, 0.25) is 0 Å². The Hall–Kier alpha value is -1.81. The van der Waals surface area contributed by atoms with Gasteiger partial charge in [0.05, 0.1) is 7.11 Å². The fourth-order valence-electron chi connectivity index (χ4n) is 2.00. The summed E-state index contributed by atoms with van der Waals surface area (Å²) < 4.78 is 7.12. The van der Waals surface area contributed by atoms with E-state index in [4.69, 9.17) is 4.74 Å². The first-order chi connectivity index (χ1) is 8.74. The second-order valence-electron chi connectivity index (χ2n) is 4.14. The molecule has 1 N–H and O–H groups in total. The molecule has 1 unspecified atom stereocenters. The van der Waals surface area contributed by atoms with E-state index >= 15 is 0 Å². The standard InChI is InChI=1S/C14H18N2O2/c1-3-16-8-7-15-14(16)13(17)10-11-5-4-6-12(9-11)18-2/h4-9,13,17H,3,10H2,1-2H3. The number of imidazole rings is 1. The van der Waals surface area contributed by atoms with E-state index in [-0.39, 0.29) is 0 Å². The van der Waals surface area contributed by atoms with E-state index in [1.54, 1.807) is 13.3 Å². The average Bonchev–Trinajstić information content (AvgIpc) is 2.87. The topological polar surface area (TPSA) is 47.3 Å². The summed E-state index contributed by atoms with van der Waals surface area (Å²) in [5.74, 6) is 1.51. The second-order valence-corrected chi connectivity index (χ2v) is 4.14. The van der Waals surface area contributed by atoms with Gasteiger partial charge >= 0.3 is 0 Å². The van der Waals surface area contributed by atoms with Crippen molar-refractivity contribution in [1.82, 2.24) is 9.55 Å². The first kappa shape index (κ1) is 12.6. The van der Waals surface area contributed by atoms with Crippen LogP contribution in [0.5, 0.6) is 5.75 Å². The van der Waals surface area contributed by atoms with E-state index in [1.807, 2.05) is 42.0 Å². The average molecular weight is 246 g/mol. The van der Waals surface area contributed by atoms with Gasteiger partial charge in [0.15, 0.2) is 0 Å². The molecule has 96 valence electrons. The van der Waals surface area contributed by atoms with E-state index in [0.717, 1.165) is 17.9 Å². The smallest absolute Gasteiger partial charge is 0.137 e. The lowest BCUT2D eigenvalue weighted by Gasteiger charge is -2.12. The van der Waals surface area contributed by atoms with Crippen LogP contribution < -0.4 is 4.74 Å². The van der Waals surface area contributed by atoms with Gasteiger partial charge in [-0.25, -0.2) is 4.98 Å². The van der Waals surface area contributed by atoms with E-state index in [0.29, 0.717) is 12.2 Å². The summed E-state index contributed by atoms with van der Waals surface area (Å²) in [6.07, 6.45) is 3.54. The van der Waals surface area contributed by atoms with E-state index < -0.39 is 6.10 Å². The molecular formula is C14H18N2O2. The number of rotatable bonds is 5. The molecule has 1 aromatic carbocycles. The Morgan fingerprint density at radius 3 is 3.00 bits per heavy atom. The van der Waals surface area contributed by atoms with Crippen molar-refractivity contribution in [3.63, 3.8) is 0 Å². The zero-order valence-electron chi connectivity index (χ0n) is 10.7. The van der Waals surface area contributed by atoms with Gasteiger partial charge in [0.2, 0.25) is 0 Å². The first-order valence-electron chi connectivity index (χ1n) is 6.06. The van der Waals surface area contributed by atoms with Gasteiger partial charge in [-0.15, -0.1) is 0 Å². The molecule has 1 aromatic heterocycles. The molecule has 4 heteroatoms. The van der Waals surface area contributed by atoms with Crippen LogP contribution in [0, 0.1) is 0 Å². The predicted octanol–water partition coefficient (Wildman–Crippen LogP) is 2.19. The van der Waals surface area contributed by atoms with Crippen LogP contribution in [0.25, 0.3) is 0 Å². The van der Waals surface area contributed by atoms with Crippen LogP contribution in [0.4, 0.5) is 0 Å². The van der Waals surface area contributed by atoms with Crippen molar-refractivity contribution in [2.45, 2.75) is 26.0 Å². The molecule has 2 aromatic rings. The molecule has 18 heavy (non-hydrogen) atoms. The summed E-state index contributed by atoms with van der Waals surface area (Å²) >= 11 is 0. The van der Waals surface area contributed by atoms with E-state index in [9.17, 15) is 5.11 Å². The van der Waals surface area contributed by atoms with Gasteiger partial charge in [0, 0.05) is 25.4 Å². The number of hydrogen-bond acceptors (Lipinski definition) is 3. The number of ether oxygens (including phenoxy) is 1. The first-order valence-corrected chi connectivity index (χ1v) is 6.06. The highest BCUT2D eigenvalue weighted by Crippen LogP contribution is 2.20. The second kappa shape index (κ2) is 5.69. The monoisotopic (exact) mass is 246 g/mol. The number of aryl methyl sites for hydroxylation is 1. The molecule has 0 aliphatic heterocycles. The van der Waals surface area contributed by atoms with Crippen LogP contribution in [0.1, 0.15) is 24.4 Å². The minimum atomic E-state index is -0.591. The fourth-order valence-corrected chi connectivity index (χ4v) is 2.00. The van der Waals surface area contributed by atoms with Crippen LogP contribution in [-0.4, -0.2) is 21.8 Å². The molecule has 0 bridgehead atoms. The number of aliphatic hydroxyl groups is 1. The molecule has 0 aliphatic carbocycles. The van der Waals surface area contributed by atoms with Crippen LogP contribution in [-0.2, 0) is 13.0 Å². The lowest BCUT2D eigenvalue weighted by Crippen LogP contribution is -2.10. The molecule has 1 atom stereocenters. The van der Waals surface area contributed by atoms with Crippen molar-refractivity contribution in [2.24, 2.45) is 0 Å². The van der Waals surface area contributed by atoms with Crippen molar-refractivity contribution in [3.8, 4) is 5.75 Å². The van der Waals surface area contributed by atoms with Gasteiger partial charge in [-0.2, -0.15) is 0 Å². The van der Waals surface area contributed by atoms with Crippen molar-refractivity contribution >= 4 is 0 Å². The third kappa shape index (κ3) is 2.71. The molecular weight excluding hydrogens is 228 g/mol. The Morgan fingerprint density at radius 2 is 2.28 bits per heavy atom. The van der Waals surface area contributed by atoms with Gasteiger partial charge < -0.3 is 14.4 Å². The van der Waals surface area contributed by atoms with Crippen molar-refractivity contribution < 1.29 is 9.84 Å². The SMILES string of the molecule is CCn1ccnc1C(O)Cc1cccc(OC)c1. The summed E-state index contributed by atoms with van der Waals surface area (Å²) in [6.45, 7) is 2.84. The lowest BCUT2D eigenvalue weighted by atomic mass is 10.1. The third-order valence-electron chi connectivity index (χ3n) is 2.95. The largest absolute Gasteiger partial charge is 0.497 e. The molecule has 0 radical (unpaired) electrons. The Balaban J connectivity index is 2.13. The molecule has 0 aliphatic rings. The number of nitrogens with zero attached hydrogens (tertiary/aromatic N) is 2. The highest BCUT2D eigenvalue weighted by molar-refractivity contribution is 5.29. The molecule has 1 heterocycles. The predicted molar refractivity (Wildman–Crippen MR) is 69.6 cm³/mol. The maximum atomic E-state index is 10.2. The number of aliphatic hydroxyl groups excluding tert-OH is 1. The fraction of sp³-hybridized carbons (Fsp3) is 0.357. The highest BCUT2D eigenvalue weighted by Gasteiger charge is 2.14. The molecule has 0 fully saturated rings. The Labute approximate surface area is 107 Å². The molecule has 2 rings (SSSR count). The summed E-state index contributed by atoms with van der Waals surface area (Å²) in [5.41, 5.74) is 1.03. The Morgan fingerprint density at radius 1 is 1.44 bits per heavy atom.